The summed E-state index contributed by atoms with van der Waals surface area (Å²) < 4.78 is 23.1. The molecule has 5 nitrogen and oxygen atoms in total. The molecule has 0 amide bonds. The average molecular weight is 334 g/mol. The Balaban J connectivity index is 1.47. The van der Waals surface area contributed by atoms with Gasteiger partial charge in [-0.25, -0.2) is 4.79 Å². The zero-order valence-electron chi connectivity index (χ0n) is 14.3. The van der Waals surface area contributed by atoms with Crippen LogP contribution < -0.4 is 0 Å². The number of methoxy groups -OCH3 is 1. The third-order valence-electron chi connectivity index (χ3n) is 5.71. The van der Waals surface area contributed by atoms with Crippen molar-refractivity contribution in [3.05, 3.63) is 23.0 Å². The molecule has 0 saturated heterocycles. The number of hydrogen-bond acceptors (Lipinski definition) is 5. The third kappa shape index (κ3) is 2.88. The number of carbonyl (C=O) groups excluding carboxylic acids is 1. The van der Waals surface area contributed by atoms with Crippen LogP contribution in [0.15, 0.2) is 23.0 Å². The summed E-state index contributed by atoms with van der Waals surface area (Å²) in [6.45, 7) is 0. The van der Waals surface area contributed by atoms with E-state index in [1.54, 1.807) is 13.4 Å². The molecule has 132 valence electrons. The Hall–Kier alpha value is -1.33. The topological polar surface area (TPSA) is 54.0 Å². The van der Waals surface area contributed by atoms with Crippen molar-refractivity contribution in [2.45, 2.75) is 82.4 Å². The van der Waals surface area contributed by atoms with Crippen LogP contribution in [0.4, 0.5) is 0 Å². The van der Waals surface area contributed by atoms with Gasteiger partial charge >= 0.3 is 5.97 Å². The number of ether oxygens (including phenoxy) is 4. The van der Waals surface area contributed by atoms with E-state index in [4.69, 9.17) is 18.9 Å². The zero-order chi connectivity index (χ0) is 16.6. The van der Waals surface area contributed by atoms with Crippen molar-refractivity contribution < 1.29 is 23.7 Å². The zero-order valence-corrected chi connectivity index (χ0v) is 14.3. The van der Waals surface area contributed by atoms with Gasteiger partial charge in [0.1, 0.15) is 0 Å². The van der Waals surface area contributed by atoms with Gasteiger partial charge < -0.3 is 18.9 Å². The van der Waals surface area contributed by atoms with Gasteiger partial charge in [-0.2, -0.15) is 0 Å². The van der Waals surface area contributed by atoms with Gasteiger partial charge in [-0.1, -0.05) is 6.42 Å². The molecule has 2 unspecified atom stereocenters. The van der Waals surface area contributed by atoms with E-state index >= 15 is 0 Å². The molecule has 0 bridgehead atoms. The van der Waals surface area contributed by atoms with E-state index < -0.39 is 5.79 Å². The van der Waals surface area contributed by atoms with Gasteiger partial charge in [-0.05, 0) is 49.7 Å². The molecule has 0 aromatic rings. The number of esters is 1. The van der Waals surface area contributed by atoms with Crippen LogP contribution in [0.5, 0.6) is 0 Å². The van der Waals surface area contributed by atoms with Gasteiger partial charge in [-0.3, -0.25) is 0 Å². The summed E-state index contributed by atoms with van der Waals surface area (Å²) in [5, 5.41) is 0. The lowest BCUT2D eigenvalue weighted by Crippen LogP contribution is -2.42. The predicted molar refractivity (Wildman–Crippen MR) is 86.9 cm³/mol. The number of hydrogen-bond donors (Lipinski definition) is 0. The van der Waals surface area contributed by atoms with E-state index in [1.165, 1.54) is 30.4 Å². The molecule has 0 aromatic heterocycles. The highest BCUT2D eigenvalue weighted by Crippen LogP contribution is 2.42. The first-order valence-electron chi connectivity index (χ1n) is 9.21. The Morgan fingerprint density at radius 2 is 1.88 bits per heavy atom. The standard InChI is InChI=1S/C19H26O5/c1-21-18-15-8-4-3-7-14(15)16(23-18)11-13-12-22-19(24-17(13)20)9-5-2-6-10-19/h12,16,18H,2-11H2,1H3. The Labute approximate surface area is 143 Å². The van der Waals surface area contributed by atoms with Crippen molar-refractivity contribution >= 4 is 5.97 Å². The van der Waals surface area contributed by atoms with E-state index in [2.05, 4.69) is 0 Å². The summed E-state index contributed by atoms with van der Waals surface area (Å²) in [7, 11) is 1.68. The lowest BCUT2D eigenvalue weighted by Gasteiger charge is -2.38. The van der Waals surface area contributed by atoms with Crippen LogP contribution in [-0.4, -0.2) is 31.3 Å². The summed E-state index contributed by atoms with van der Waals surface area (Å²) in [4.78, 5) is 12.5. The van der Waals surface area contributed by atoms with E-state index in [0.717, 1.165) is 38.5 Å². The molecule has 0 N–H and O–H groups in total. The third-order valence-corrected chi connectivity index (χ3v) is 5.71. The maximum absolute atomic E-state index is 12.5. The summed E-state index contributed by atoms with van der Waals surface area (Å²) in [6.07, 6.45) is 11.1. The van der Waals surface area contributed by atoms with Crippen LogP contribution in [0.2, 0.25) is 0 Å². The fourth-order valence-corrected chi connectivity index (χ4v) is 4.40. The van der Waals surface area contributed by atoms with E-state index in [-0.39, 0.29) is 18.4 Å². The second kappa shape index (κ2) is 6.52. The Morgan fingerprint density at radius 3 is 2.58 bits per heavy atom. The molecular weight excluding hydrogens is 308 g/mol. The molecule has 1 saturated carbocycles. The SMILES string of the molecule is COC1OC(CC2=COC3(CCCCC3)OC2=O)C2=C1CCCC2. The minimum absolute atomic E-state index is 0.0898. The molecule has 5 heteroatoms. The first kappa shape index (κ1) is 16.2. The van der Waals surface area contributed by atoms with Crippen LogP contribution >= 0.6 is 0 Å². The van der Waals surface area contributed by atoms with Crippen LogP contribution in [-0.2, 0) is 23.7 Å². The molecule has 2 aliphatic heterocycles. The average Bonchev–Trinajstić information content (AvgIpc) is 2.96. The maximum atomic E-state index is 12.5. The molecule has 4 aliphatic rings. The molecule has 4 rings (SSSR count). The fourth-order valence-electron chi connectivity index (χ4n) is 4.40. The van der Waals surface area contributed by atoms with Crippen LogP contribution in [0.3, 0.4) is 0 Å². The molecule has 0 radical (unpaired) electrons. The predicted octanol–water partition coefficient (Wildman–Crippen LogP) is 3.74. The van der Waals surface area contributed by atoms with Gasteiger partial charge in [0.05, 0.1) is 17.9 Å². The highest BCUT2D eigenvalue weighted by molar-refractivity contribution is 5.89. The first-order chi connectivity index (χ1) is 11.7. The molecule has 2 aliphatic carbocycles. The molecule has 24 heavy (non-hydrogen) atoms. The Bertz CT molecular complexity index is 570. The summed E-state index contributed by atoms with van der Waals surface area (Å²) in [6, 6.07) is 0. The van der Waals surface area contributed by atoms with Crippen LogP contribution in [0.1, 0.15) is 64.2 Å². The smallest absolute Gasteiger partial charge is 0.340 e. The van der Waals surface area contributed by atoms with Crippen molar-refractivity contribution in [2.24, 2.45) is 0 Å². The molecule has 2 heterocycles. The monoisotopic (exact) mass is 334 g/mol. The van der Waals surface area contributed by atoms with Crippen molar-refractivity contribution in [1.29, 1.82) is 0 Å². The summed E-state index contributed by atoms with van der Waals surface area (Å²) in [5.74, 6) is -0.953. The first-order valence-corrected chi connectivity index (χ1v) is 9.21. The minimum atomic E-state index is -0.709. The quantitative estimate of drug-likeness (QED) is 0.581. The molecule has 1 fully saturated rings. The van der Waals surface area contributed by atoms with Crippen molar-refractivity contribution in [3.63, 3.8) is 0 Å². The van der Waals surface area contributed by atoms with Gasteiger partial charge in [0, 0.05) is 26.4 Å². The lowest BCUT2D eigenvalue weighted by molar-refractivity contribution is -0.228. The number of rotatable bonds is 3. The number of carbonyl (C=O) groups is 1. The van der Waals surface area contributed by atoms with Crippen molar-refractivity contribution in [1.82, 2.24) is 0 Å². The van der Waals surface area contributed by atoms with Gasteiger partial charge in [0.15, 0.2) is 6.29 Å². The highest BCUT2D eigenvalue weighted by atomic mass is 16.7. The second-order valence-electron chi connectivity index (χ2n) is 7.28. The van der Waals surface area contributed by atoms with Crippen LogP contribution in [0, 0.1) is 0 Å². The van der Waals surface area contributed by atoms with Crippen molar-refractivity contribution in [2.75, 3.05) is 7.11 Å². The molecule has 2 atom stereocenters. The van der Waals surface area contributed by atoms with Crippen LogP contribution in [0.25, 0.3) is 0 Å². The minimum Gasteiger partial charge on any atom is -0.459 e. The van der Waals surface area contributed by atoms with Crippen molar-refractivity contribution in [3.8, 4) is 0 Å². The lowest BCUT2D eigenvalue weighted by atomic mass is 9.88. The van der Waals surface area contributed by atoms with E-state index in [0.29, 0.717) is 12.0 Å². The Kier molecular flexibility index (Phi) is 4.39. The van der Waals surface area contributed by atoms with E-state index in [1.807, 2.05) is 0 Å². The summed E-state index contributed by atoms with van der Waals surface area (Å²) >= 11 is 0. The molecular formula is C19H26O5. The molecule has 1 spiro atoms. The van der Waals surface area contributed by atoms with Gasteiger partial charge in [-0.15, -0.1) is 0 Å². The summed E-state index contributed by atoms with van der Waals surface area (Å²) in [5.41, 5.74) is 3.17. The van der Waals surface area contributed by atoms with E-state index in [9.17, 15) is 4.79 Å². The molecule has 0 aromatic carbocycles. The Morgan fingerprint density at radius 1 is 1.12 bits per heavy atom. The maximum Gasteiger partial charge on any atom is 0.340 e. The fraction of sp³-hybridized carbons (Fsp3) is 0.737. The highest BCUT2D eigenvalue weighted by Gasteiger charge is 2.43. The van der Waals surface area contributed by atoms with Gasteiger partial charge in [0.2, 0.25) is 0 Å². The largest absolute Gasteiger partial charge is 0.459 e. The normalized spacial score (nSPS) is 32.2. The second-order valence-corrected chi connectivity index (χ2v) is 7.28. The van der Waals surface area contributed by atoms with Gasteiger partial charge in [0.25, 0.3) is 5.79 Å².